The molecule has 2 rings (SSSR count). The van der Waals surface area contributed by atoms with E-state index in [2.05, 4.69) is 35.4 Å². The van der Waals surface area contributed by atoms with Crippen molar-refractivity contribution in [2.45, 2.75) is 32.9 Å². The van der Waals surface area contributed by atoms with E-state index < -0.39 is 0 Å². The first-order chi connectivity index (χ1) is 9.25. The molecule has 1 aromatic rings. The SMILES string of the molecule is CC(C)n1cc(CNCCCN2CCOCC2)cn1. The Balaban J connectivity index is 1.55. The molecule has 0 unspecified atom stereocenters. The van der Waals surface area contributed by atoms with Crippen LogP contribution in [0.1, 0.15) is 31.9 Å². The Morgan fingerprint density at radius 2 is 2.16 bits per heavy atom. The van der Waals surface area contributed by atoms with Crippen LogP contribution in [0.5, 0.6) is 0 Å². The van der Waals surface area contributed by atoms with Crippen molar-refractivity contribution >= 4 is 0 Å². The lowest BCUT2D eigenvalue weighted by atomic mass is 10.3. The Kier molecular flexibility index (Phi) is 5.82. The van der Waals surface area contributed by atoms with E-state index in [4.69, 9.17) is 4.74 Å². The lowest BCUT2D eigenvalue weighted by Gasteiger charge is -2.26. The molecule has 0 amide bonds. The molecule has 2 heterocycles. The highest BCUT2D eigenvalue weighted by atomic mass is 16.5. The molecular weight excluding hydrogens is 240 g/mol. The van der Waals surface area contributed by atoms with E-state index >= 15 is 0 Å². The van der Waals surface area contributed by atoms with E-state index in [1.54, 1.807) is 0 Å². The van der Waals surface area contributed by atoms with E-state index in [1.807, 2.05) is 10.9 Å². The van der Waals surface area contributed by atoms with Crippen molar-refractivity contribution in [3.8, 4) is 0 Å². The molecule has 1 saturated heterocycles. The average Bonchev–Trinajstić information content (AvgIpc) is 2.89. The molecule has 0 saturated carbocycles. The fourth-order valence-corrected chi connectivity index (χ4v) is 2.24. The van der Waals surface area contributed by atoms with E-state index in [0.29, 0.717) is 6.04 Å². The van der Waals surface area contributed by atoms with Crippen molar-refractivity contribution in [3.63, 3.8) is 0 Å². The minimum absolute atomic E-state index is 0.440. The molecule has 108 valence electrons. The number of aromatic nitrogens is 2. The maximum absolute atomic E-state index is 5.34. The predicted molar refractivity (Wildman–Crippen MR) is 76.2 cm³/mol. The van der Waals surface area contributed by atoms with Crippen molar-refractivity contribution < 1.29 is 4.74 Å². The molecule has 19 heavy (non-hydrogen) atoms. The molecule has 0 spiro atoms. The van der Waals surface area contributed by atoms with Crippen molar-refractivity contribution in [2.24, 2.45) is 0 Å². The Labute approximate surface area is 115 Å². The van der Waals surface area contributed by atoms with E-state index in [0.717, 1.165) is 39.4 Å². The molecule has 1 N–H and O–H groups in total. The summed E-state index contributed by atoms with van der Waals surface area (Å²) in [5.74, 6) is 0. The van der Waals surface area contributed by atoms with Gasteiger partial charge in [0, 0.05) is 37.4 Å². The van der Waals surface area contributed by atoms with Gasteiger partial charge in [0.25, 0.3) is 0 Å². The summed E-state index contributed by atoms with van der Waals surface area (Å²) in [4.78, 5) is 2.47. The topological polar surface area (TPSA) is 42.3 Å². The van der Waals surface area contributed by atoms with Crippen LogP contribution >= 0.6 is 0 Å². The maximum Gasteiger partial charge on any atom is 0.0594 e. The first-order valence-corrected chi connectivity index (χ1v) is 7.29. The molecule has 1 aromatic heterocycles. The zero-order valence-electron chi connectivity index (χ0n) is 12.1. The second-order valence-electron chi connectivity index (χ2n) is 5.41. The van der Waals surface area contributed by atoms with Crippen LogP contribution in [0.25, 0.3) is 0 Å². The van der Waals surface area contributed by atoms with Gasteiger partial charge >= 0.3 is 0 Å². The van der Waals surface area contributed by atoms with Gasteiger partial charge in [-0.25, -0.2) is 0 Å². The van der Waals surface area contributed by atoms with Gasteiger partial charge in [-0.2, -0.15) is 5.10 Å². The smallest absolute Gasteiger partial charge is 0.0594 e. The Bertz CT molecular complexity index is 358. The quantitative estimate of drug-likeness (QED) is 0.755. The fourth-order valence-electron chi connectivity index (χ4n) is 2.24. The van der Waals surface area contributed by atoms with Crippen molar-refractivity contribution in [1.29, 1.82) is 0 Å². The Morgan fingerprint density at radius 1 is 1.37 bits per heavy atom. The van der Waals surface area contributed by atoms with Gasteiger partial charge in [0.1, 0.15) is 0 Å². The Hall–Kier alpha value is -0.910. The molecule has 5 nitrogen and oxygen atoms in total. The lowest BCUT2D eigenvalue weighted by molar-refractivity contribution is 0.0374. The molecule has 0 aromatic carbocycles. The van der Waals surface area contributed by atoms with Crippen LogP contribution in [-0.2, 0) is 11.3 Å². The molecular formula is C14H26N4O. The van der Waals surface area contributed by atoms with Gasteiger partial charge in [0.05, 0.1) is 19.4 Å². The first kappa shape index (κ1) is 14.5. The van der Waals surface area contributed by atoms with Crippen LogP contribution < -0.4 is 5.32 Å². The summed E-state index contributed by atoms with van der Waals surface area (Å²) < 4.78 is 7.34. The Morgan fingerprint density at radius 3 is 2.84 bits per heavy atom. The highest BCUT2D eigenvalue weighted by Crippen LogP contribution is 2.05. The monoisotopic (exact) mass is 266 g/mol. The second-order valence-corrected chi connectivity index (χ2v) is 5.41. The van der Waals surface area contributed by atoms with Crippen LogP contribution in [0.4, 0.5) is 0 Å². The van der Waals surface area contributed by atoms with E-state index in [9.17, 15) is 0 Å². The fraction of sp³-hybridized carbons (Fsp3) is 0.786. The minimum atomic E-state index is 0.440. The summed E-state index contributed by atoms with van der Waals surface area (Å²) in [7, 11) is 0. The molecule has 0 radical (unpaired) electrons. The van der Waals surface area contributed by atoms with Crippen LogP contribution in [0, 0.1) is 0 Å². The third-order valence-electron chi connectivity index (χ3n) is 3.44. The van der Waals surface area contributed by atoms with Gasteiger partial charge in [-0.1, -0.05) is 0 Å². The molecule has 1 fully saturated rings. The zero-order valence-corrected chi connectivity index (χ0v) is 12.1. The number of rotatable bonds is 7. The molecule has 0 aliphatic carbocycles. The first-order valence-electron chi connectivity index (χ1n) is 7.29. The van der Waals surface area contributed by atoms with Gasteiger partial charge in [-0.3, -0.25) is 9.58 Å². The lowest BCUT2D eigenvalue weighted by Crippen LogP contribution is -2.37. The van der Waals surface area contributed by atoms with Crippen molar-refractivity contribution in [2.75, 3.05) is 39.4 Å². The highest BCUT2D eigenvalue weighted by Gasteiger charge is 2.09. The molecule has 0 atom stereocenters. The molecule has 1 aliphatic heterocycles. The number of hydrogen-bond donors (Lipinski definition) is 1. The summed E-state index contributed by atoms with van der Waals surface area (Å²) >= 11 is 0. The third kappa shape index (κ3) is 4.93. The van der Waals surface area contributed by atoms with Crippen LogP contribution in [-0.4, -0.2) is 54.1 Å². The largest absolute Gasteiger partial charge is 0.379 e. The molecule has 1 aliphatic rings. The van der Waals surface area contributed by atoms with Crippen LogP contribution in [0.15, 0.2) is 12.4 Å². The number of hydrogen-bond acceptors (Lipinski definition) is 4. The number of nitrogens with one attached hydrogen (secondary N) is 1. The van der Waals surface area contributed by atoms with Gasteiger partial charge in [-0.15, -0.1) is 0 Å². The van der Waals surface area contributed by atoms with Crippen LogP contribution in [0.3, 0.4) is 0 Å². The third-order valence-corrected chi connectivity index (χ3v) is 3.44. The normalized spacial score (nSPS) is 17.2. The summed E-state index contributed by atoms with van der Waals surface area (Å²) in [5, 5.41) is 7.82. The van der Waals surface area contributed by atoms with E-state index in [-0.39, 0.29) is 0 Å². The van der Waals surface area contributed by atoms with Gasteiger partial charge in [-0.05, 0) is 33.4 Å². The van der Waals surface area contributed by atoms with E-state index in [1.165, 1.54) is 18.5 Å². The maximum atomic E-state index is 5.34. The second kappa shape index (κ2) is 7.62. The standard InChI is InChI=1S/C14H26N4O/c1-13(2)18-12-14(11-16-18)10-15-4-3-5-17-6-8-19-9-7-17/h11-13,15H,3-10H2,1-2H3. The van der Waals surface area contributed by atoms with Crippen molar-refractivity contribution in [1.82, 2.24) is 20.0 Å². The summed E-state index contributed by atoms with van der Waals surface area (Å²) in [6.45, 7) is 11.4. The minimum Gasteiger partial charge on any atom is -0.379 e. The zero-order chi connectivity index (χ0) is 13.5. The number of morpholine rings is 1. The predicted octanol–water partition coefficient (Wildman–Crippen LogP) is 1.28. The number of ether oxygens (including phenoxy) is 1. The van der Waals surface area contributed by atoms with Crippen molar-refractivity contribution in [3.05, 3.63) is 18.0 Å². The summed E-state index contributed by atoms with van der Waals surface area (Å²) in [5.41, 5.74) is 1.26. The summed E-state index contributed by atoms with van der Waals surface area (Å²) in [6, 6.07) is 0.440. The molecule has 5 heteroatoms. The highest BCUT2D eigenvalue weighted by molar-refractivity contribution is 5.03. The van der Waals surface area contributed by atoms with Gasteiger partial charge < -0.3 is 10.1 Å². The summed E-state index contributed by atoms with van der Waals surface area (Å²) in [6.07, 6.45) is 5.27. The molecule has 0 bridgehead atoms. The average molecular weight is 266 g/mol. The number of nitrogens with zero attached hydrogens (tertiary/aromatic N) is 3. The van der Waals surface area contributed by atoms with Crippen LogP contribution in [0.2, 0.25) is 0 Å². The van der Waals surface area contributed by atoms with Gasteiger partial charge in [0.15, 0.2) is 0 Å². The van der Waals surface area contributed by atoms with Gasteiger partial charge in [0.2, 0.25) is 0 Å².